The molecule has 1 saturated heterocycles. The molecule has 10 nitrogen and oxygen atoms in total. The number of likely N-dealkylation sites (tertiary alicyclic amines) is 1. The van der Waals surface area contributed by atoms with E-state index in [1.165, 1.54) is 6.20 Å². The lowest BCUT2D eigenvalue weighted by atomic mass is 9.87. The number of nitrogens with one attached hydrogen (secondary N) is 1. The SMILES string of the molecule is COc1cc(-c2cc3c(N[C@@H]4CN(C(=O)CC#N)CC4(C)C)c(C(N)=O)cnn3c2)ccn1. The number of amides is 2. The normalized spacial score (nSPS) is 17.0. The lowest BCUT2D eigenvalue weighted by Gasteiger charge is -2.28. The topological polar surface area (TPSA) is 139 Å². The van der Waals surface area contributed by atoms with Crippen LogP contribution < -0.4 is 15.8 Å². The van der Waals surface area contributed by atoms with E-state index in [9.17, 15) is 9.59 Å². The van der Waals surface area contributed by atoms with E-state index >= 15 is 0 Å². The third kappa shape index (κ3) is 4.17. The summed E-state index contributed by atoms with van der Waals surface area (Å²) in [6.45, 7) is 5.00. The van der Waals surface area contributed by atoms with Crippen LogP contribution in [0.5, 0.6) is 5.88 Å². The molecule has 1 aliphatic heterocycles. The molecule has 4 rings (SSSR count). The van der Waals surface area contributed by atoms with Gasteiger partial charge in [-0.3, -0.25) is 9.59 Å². The van der Waals surface area contributed by atoms with Gasteiger partial charge in [-0.05, 0) is 17.7 Å². The molecule has 2 amide bonds. The number of hydrogen-bond acceptors (Lipinski definition) is 7. The minimum absolute atomic E-state index is 0.160. The average Bonchev–Trinajstić information content (AvgIpc) is 3.35. The van der Waals surface area contributed by atoms with Crippen molar-refractivity contribution in [2.24, 2.45) is 11.1 Å². The molecule has 0 unspecified atom stereocenters. The number of nitriles is 1. The lowest BCUT2D eigenvalue weighted by molar-refractivity contribution is -0.129. The molecule has 1 aliphatic rings. The fourth-order valence-electron chi connectivity index (χ4n) is 4.17. The van der Waals surface area contributed by atoms with E-state index < -0.39 is 5.91 Å². The molecule has 0 spiro atoms. The fourth-order valence-corrected chi connectivity index (χ4v) is 4.17. The van der Waals surface area contributed by atoms with E-state index in [0.29, 0.717) is 30.2 Å². The maximum atomic E-state index is 12.3. The maximum absolute atomic E-state index is 12.3. The van der Waals surface area contributed by atoms with Crippen molar-refractivity contribution in [1.29, 1.82) is 5.26 Å². The van der Waals surface area contributed by atoms with E-state index in [1.54, 1.807) is 22.7 Å². The maximum Gasteiger partial charge on any atom is 0.252 e. The zero-order chi connectivity index (χ0) is 23.8. The summed E-state index contributed by atoms with van der Waals surface area (Å²) in [5.41, 5.74) is 8.61. The molecular formula is C23H25N7O3. The summed E-state index contributed by atoms with van der Waals surface area (Å²) in [5, 5.41) is 16.7. The summed E-state index contributed by atoms with van der Waals surface area (Å²) in [6.07, 6.45) is 4.79. The van der Waals surface area contributed by atoms with Crippen LogP contribution in [0.4, 0.5) is 5.69 Å². The first kappa shape index (κ1) is 22.1. The van der Waals surface area contributed by atoms with Crippen molar-refractivity contribution >= 4 is 23.0 Å². The van der Waals surface area contributed by atoms with E-state index in [4.69, 9.17) is 15.7 Å². The molecule has 170 valence electrons. The van der Waals surface area contributed by atoms with Gasteiger partial charge in [0.2, 0.25) is 11.8 Å². The molecule has 3 N–H and O–H groups in total. The molecule has 3 aromatic heterocycles. The van der Waals surface area contributed by atoms with Crippen LogP contribution >= 0.6 is 0 Å². The van der Waals surface area contributed by atoms with Gasteiger partial charge in [-0.2, -0.15) is 10.4 Å². The Bertz CT molecular complexity index is 1270. The van der Waals surface area contributed by atoms with Gasteiger partial charge in [0.1, 0.15) is 6.42 Å². The van der Waals surface area contributed by atoms with Gasteiger partial charge in [-0.15, -0.1) is 0 Å². The molecule has 33 heavy (non-hydrogen) atoms. The Labute approximate surface area is 191 Å². The van der Waals surface area contributed by atoms with E-state index in [-0.39, 0.29) is 29.3 Å². The first-order valence-electron chi connectivity index (χ1n) is 10.5. The molecule has 10 heteroatoms. The molecular weight excluding hydrogens is 422 g/mol. The zero-order valence-corrected chi connectivity index (χ0v) is 18.7. The van der Waals surface area contributed by atoms with Crippen molar-refractivity contribution in [1.82, 2.24) is 19.5 Å². The quantitative estimate of drug-likeness (QED) is 0.590. The molecule has 4 heterocycles. The Morgan fingerprint density at radius 1 is 1.36 bits per heavy atom. The molecule has 0 bridgehead atoms. The van der Waals surface area contributed by atoms with Crippen LogP contribution in [0.25, 0.3) is 16.6 Å². The lowest BCUT2D eigenvalue weighted by Crippen LogP contribution is -2.35. The number of nitrogens with zero attached hydrogens (tertiary/aromatic N) is 5. The van der Waals surface area contributed by atoms with E-state index in [1.807, 2.05) is 44.3 Å². The number of aromatic nitrogens is 3. The second-order valence-corrected chi connectivity index (χ2v) is 8.74. The molecule has 0 radical (unpaired) electrons. The van der Waals surface area contributed by atoms with Gasteiger partial charge in [0.25, 0.3) is 5.91 Å². The van der Waals surface area contributed by atoms with Crippen molar-refractivity contribution in [2.45, 2.75) is 26.3 Å². The van der Waals surface area contributed by atoms with Crippen LogP contribution in [-0.2, 0) is 4.79 Å². The minimum atomic E-state index is -0.603. The molecule has 0 aliphatic carbocycles. The minimum Gasteiger partial charge on any atom is -0.481 e. The van der Waals surface area contributed by atoms with Crippen molar-refractivity contribution in [2.75, 3.05) is 25.5 Å². The Balaban J connectivity index is 1.75. The van der Waals surface area contributed by atoms with Crippen LogP contribution in [0.2, 0.25) is 0 Å². The van der Waals surface area contributed by atoms with Gasteiger partial charge in [0.15, 0.2) is 0 Å². The van der Waals surface area contributed by atoms with Gasteiger partial charge >= 0.3 is 0 Å². The third-order valence-electron chi connectivity index (χ3n) is 6.03. The Hall–Kier alpha value is -4.13. The number of carbonyl (C=O) groups is 2. The van der Waals surface area contributed by atoms with Crippen LogP contribution in [0.15, 0.2) is 36.8 Å². The fraction of sp³-hybridized carbons (Fsp3) is 0.348. The number of primary amides is 1. The highest BCUT2D eigenvalue weighted by atomic mass is 16.5. The summed E-state index contributed by atoms with van der Waals surface area (Å²) >= 11 is 0. The predicted molar refractivity (Wildman–Crippen MR) is 121 cm³/mol. The highest BCUT2D eigenvalue weighted by Crippen LogP contribution is 2.35. The van der Waals surface area contributed by atoms with Crippen molar-refractivity contribution in [3.8, 4) is 23.1 Å². The number of methoxy groups -OCH3 is 1. The summed E-state index contributed by atoms with van der Waals surface area (Å²) in [5.74, 6) is -0.322. The van der Waals surface area contributed by atoms with E-state index in [0.717, 1.165) is 11.1 Å². The van der Waals surface area contributed by atoms with Crippen molar-refractivity contribution < 1.29 is 14.3 Å². The van der Waals surface area contributed by atoms with Gasteiger partial charge in [0, 0.05) is 42.5 Å². The molecule has 3 aromatic rings. The molecule has 0 aromatic carbocycles. The highest BCUT2D eigenvalue weighted by Gasteiger charge is 2.41. The number of pyridine rings is 1. The average molecular weight is 447 g/mol. The number of fused-ring (bicyclic) bond motifs is 1. The summed E-state index contributed by atoms with van der Waals surface area (Å²) in [7, 11) is 1.55. The second-order valence-electron chi connectivity index (χ2n) is 8.74. The van der Waals surface area contributed by atoms with Gasteiger partial charge in [-0.25, -0.2) is 9.50 Å². The summed E-state index contributed by atoms with van der Waals surface area (Å²) in [4.78, 5) is 30.3. The van der Waals surface area contributed by atoms with Crippen LogP contribution in [-0.4, -0.2) is 57.6 Å². The number of anilines is 1. The largest absolute Gasteiger partial charge is 0.481 e. The van der Waals surface area contributed by atoms with Gasteiger partial charge < -0.3 is 20.7 Å². The Morgan fingerprint density at radius 3 is 2.85 bits per heavy atom. The highest BCUT2D eigenvalue weighted by molar-refractivity contribution is 6.02. The number of nitrogens with two attached hydrogens (primary N) is 1. The van der Waals surface area contributed by atoms with Crippen LogP contribution in [0, 0.1) is 16.7 Å². The predicted octanol–water partition coefficient (Wildman–Crippen LogP) is 2.07. The molecule has 0 saturated carbocycles. The molecule has 1 atom stereocenters. The van der Waals surface area contributed by atoms with E-state index in [2.05, 4.69) is 15.4 Å². The summed E-state index contributed by atoms with van der Waals surface area (Å²) in [6, 6.07) is 7.34. The number of ether oxygens (including phenoxy) is 1. The smallest absolute Gasteiger partial charge is 0.252 e. The first-order chi connectivity index (χ1) is 15.7. The van der Waals surface area contributed by atoms with Crippen LogP contribution in [0.1, 0.15) is 30.6 Å². The third-order valence-corrected chi connectivity index (χ3v) is 6.03. The monoisotopic (exact) mass is 447 g/mol. The Morgan fingerprint density at radius 2 is 2.15 bits per heavy atom. The first-order valence-corrected chi connectivity index (χ1v) is 10.5. The number of rotatable bonds is 6. The van der Waals surface area contributed by atoms with Crippen molar-refractivity contribution in [3.05, 3.63) is 42.4 Å². The van der Waals surface area contributed by atoms with Gasteiger partial charge in [-0.1, -0.05) is 13.8 Å². The number of hydrogen-bond donors (Lipinski definition) is 2. The standard InChI is InChI=1S/C23H25N7O3/c1-23(2)13-29(20(31)4-6-24)12-18(23)28-21-16(22(25)32)10-27-30-11-15(8-17(21)30)14-5-7-26-19(9-14)33-3/h5,7-11,18,28H,4,12-13H2,1-3H3,(H2,25,32)/t18-/m1/s1. The summed E-state index contributed by atoms with van der Waals surface area (Å²) < 4.78 is 6.90. The van der Waals surface area contributed by atoms with Gasteiger partial charge in [0.05, 0.1) is 42.2 Å². The van der Waals surface area contributed by atoms with Crippen LogP contribution in [0.3, 0.4) is 0 Å². The second kappa shape index (κ2) is 8.43. The molecule has 1 fully saturated rings. The Kier molecular flexibility index (Phi) is 5.64. The zero-order valence-electron chi connectivity index (χ0n) is 18.7. The van der Waals surface area contributed by atoms with Crippen molar-refractivity contribution in [3.63, 3.8) is 0 Å². The number of carbonyl (C=O) groups excluding carboxylic acids is 2.